The Morgan fingerprint density at radius 3 is 2.58 bits per heavy atom. The van der Waals surface area contributed by atoms with E-state index in [2.05, 4.69) is 15.1 Å². The van der Waals surface area contributed by atoms with Crippen molar-refractivity contribution in [3.63, 3.8) is 0 Å². The van der Waals surface area contributed by atoms with Crippen LogP contribution in [0, 0.1) is 0 Å². The topological polar surface area (TPSA) is 43.1 Å². The van der Waals surface area contributed by atoms with Gasteiger partial charge < -0.3 is 0 Å². The largest absolute Gasteiger partial charge is 0.433 e. The highest BCUT2D eigenvalue weighted by atomic mass is 32.2. The van der Waals surface area contributed by atoms with Gasteiger partial charge in [0, 0.05) is 11.3 Å². The van der Waals surface area contributed by atoms with Crippen molar-refractivity contribution in [3.8, 4) is 0 Å². The zero-order valence-electron chi connectivity index (χ0n) is 10.5. The van der Waals surface area contributed by atoms with Crippen molar-refractivity contribution in [3.05, 3.63) is 18.1 Å². The molecule has 0 radical (unpaired) electrons. The van der Waals surface area contributed by atoms with E-state index in [4.69, 9.17) is 0 Å². The molecule has 2 aromatic rings. The second-order valence-electron chi connectivity index (χ2n) is 4.01. The standard InChI is InChI=1S/C11H13F3N4S/c1-3-7(4-2)19-9-5-8(11(12,13)14)17-10-15-6-16-18(9)10/h5-7H,3-4H2,1-2H3. The van der Waals surface area contributed by atoms with Gasteiger partial charge in [0.2, 0.25) is 0 Å². The lowest BCUT2D eigenvalue weighted by molar-refractivity contribution is -0.141. The van der Waals surface area contributed by atoms with Crippen LogP contribution in [-0.2, 0) is 6.18 Å². The molecule has 2 aromatic heterocycles. The summed E-state index contributed by atoms with van der Waals surface area (Å²) in [5.41, 5.74) is -0.929. The van der Waals surface area contributed by atoms with Gasteiger partial charge in [-0.25, -0.2) is 4.98 Å². The molecule has 0 fully saturated rings. The van der Waals surface area contributed by atoms with Gasteiger partial charge in [0.05, 0.1) is 0 Å². The lowest BCUT2D eigenvalue weighted by Gasteiger charge is -2.14. The highest BCUT2D eigenvalue weighted by Crippen LogP contribution is 2.33. The molecule has 0 atom stereocenters. The first-order valence-electron chi connectivity index (χ1n) is 5.90. The van der Waals surface area contributed by atoms with Crippen LogP contribution < -0.4 is 0 Å². The summed E-state index contributed by atoms with van der Waals surface area (Å²) in [6.45, 7) is 4.01. The fraction of sp³-hybridized carbons (Fsp3) is 0.545. The lowest BCUT2D eigenvalue weighted by atomic mass is 10.3. The van der Waals surface area contributed by atoms with Gasteiger partial charge in [0.25, 0.3) is 5.78 Å². The first-order valence-corrected chi connectivity index (χ1v) is 6.78. The highest BCUT2D eigenvalue weighted by Gasteiger charge is 2.34. The first kappa shape index (κ1) is 14.1. The third-order valence-electron chi connectivity index (χ3n) is 2.71. The minimum atomic E-state index is -4.48. The van der Waals surface area contributed by atoms with E-state index in [0.717, 1.165) is 18.9 Å². The zero-order valence-corrected chi connectivity index (χ0v) is 11.3. The van der Waals surface area contributed by atoms with E-state index in [1.807, 2.05) is 13.8 Å². The van der Waals surface area contributed by atoms with E-state index in [-0.39, 0.29) is 11.0 Å². The van der Waals surface area contributed by atoms with Crippen LogP contribution in [0.3, 0.4) is 0 Å². The highest BCUT2D eigenvalue weighted by molar-refractivity contribution is 7.99. The minimum Gasteiger partial charge on any atom is -0.206 e. The van der Waals surface area contributed by atoms with E-state index < -0.39 is 11.9 Å². The number of aromatic nitrogens is 4. The smallest absolute Gasteiger partial charge is 0.206 e. The van der Waals surface area contributed by atoms with Crippen LogP contribution in [0.25, 0.3) is 5.78 Å². The molecule has 0 N–H and O–H groups in total. The summed E-state index contributed by atoms with van der Waals surface area (Å²) >= 11 is 1.37. The summed E-state index contributed by atoms with van der Waals surface area (Å²) in [6.07, 6.45) is -1.52. The van der Waals surface area contributed by atoms with Crippen molar-refractivity contribution in [2.24, 2.45) is 0 Å². The summed E-state index contributed by atoms with van der Waals surface area (Å²) in [4.78, 5) is 7.22. The number of rotatable bonds is 4. The minimum absolute atomic E-state index is 0.0247. The molecule has 0 bridgehead atoms. The van der Waals surface area contributed by atoms with E-state index in [1.54, 1.807) is 0 Å². The van der Waals surface area contributed by atoms with Crippen molar-refractivity contribution >= 4 is 17.5 Å². The van der Waals surface area contributed by atoms with Gasteiger partial charge in [0.1, 0.15) is 11.4 Å². The second kappa shape index (κ2) is 5.36. The normalized spacial score (nSPS) is 12.5. The number of alkyl halides is 3. The Bertz CT molecular complexity index is 563. The predicted molar refractivity (Wildman–Crippen MR) is 66.0 cm³/mol. The van der Waals surface area contributed by atoms with Gasteiger partial charge in [-0.15, -0.1) is 11.8 Å². The van der Waals surface area contributed by atoms with E-state index in [1.165, 1.54) is 22.6 Å². The van der Waals surface area contributed by atoms with Crippen molar-refractivity contribution in [1.82, 2.24) is 19.6 Å². The molecular weight excluding hydrogens is 277 g/mol. The third-order valence-corrected chi connectivity index (χ3v) is 4.24. The molecule has 2 rings (SSSR count). The van der Waals surface area contributed by atoms with Crippen molar-refractivity contribution in [1.29, 1.82) is 0 Å². The maximum atomic E-state index is 12.8. The zero-order chi connectivity index (χ0) is 14.0. The predicted octanol–water partition coefficient (Wildman–Crippen LogP) is 3.42. The summed E-state index contributed by atoms with van der Waals surface area (Å²) in [6, 6.07) is 1.03. The molecule has 0 unspecified atom stereocenters. The van der Waals surface area contributed by atoms with Crippen LogP contribution in [-0.4, -0.2) is 24.8 Å². The summed E-state index contributed by atoms with van der Waals surface area (Å²) in [5.74, 6) is -0.0247. The molecule has 0 aliphatic heterocycles. The summed E-state index contributed by atoms with van der Waals surface area (Å²) in [5, 5.41) is 4.58. The lowest BCUT2D eigenvalue weighted by Crippen LogP contribution is -2.11. The molecule has 0 saturated heterocycles. The van der Waals surface area contributed by atoms with Crippen LogP contribution in [0.4, 0.5) is 13.2 Å². The van der Waals surface area contributed by atoms with Crippen LogP contribution in [0.1, 0.15) is 32.4 Å². The number of halogens is 3. The summed E-state index contributed by atoms with van der Waals surface area (Å²) < 4.78 is 39.7. The van der Waals surface area contributed by atoms with Crippen LogP contribution in [0.2, 0.25) is 0 Å². The molecule has 0 aliphatic rings. The molecule has 0 amide bonds. The molecule has 19 heavy (non-hydrogen) atoms. The molecule has 0 aliphatic carbocycles. The first-order chi connectivity index (χ1) is 8.95. The Kier molecular flexibility index (Phi) is 3.98. The Hall–Kier alpha value is -1.31. The van der Waals surface area contributed by atoms with Crippen LogP contribution in [0.5, 0.6) is 0 Å². The maximum absolute atomic E-state index is 12.8. The third kappa shape index (κ3) is 2.99. The van der Waals surface area contributed by atoms with Crippen molar-refractivity contribution < 1.29 is 13.2 Å². The fourth-order valence-corrected chi connectivity index (χ4v) is 2.72. The number of nitrogens with zero attached hydrogens (tertiary/aromatic N) is 4. The molecule has 2 heterocycles. The number of thioether (sulfide) groups is 1. The molecule has 0 saturated carbocycles. The average Bonchev–Trinajstić information content (AvgIpc) is 2.82. The summed E-state index contributed by atoms with van der Waals surface area (Å²) in [7, 11) is 0. The Morgan fingerprint density at radius 1 is 1.32 bits per heavy atom. The number of fused-ring (bicyclic) bond motifs is 1. The molecule has 0 spiro atoms. The van der Waals surface area contributed by atoms with Crippen molar-refractivity contribution in [2.75, 3.05) is 0 Å². The second-order valence-corrected chi connectivity index (χ2v) is 5.33. The van der Waals surface area contributed by atoms with E-state index in [0.29, 0.717) is 5.03 Å². The molecule has 0 aromatic carbocycles. The number of hydrogen-bond acceptors (Lipinski definition) is 4. The van der Waals surface area contributed by atoms with Crippen LogP contribution in [0.15, 0.2) is 17.4 Å². The molecular formula is C11H13F3N4S. The molecule has 8 heteroatoms. The number of hydrogen-bond donors (Lipinski definition) is 0. The Labute approximate surface area is 112 Å². The molecule has 104 valence electrons. The van der Waals surface area contributed by atoms with Gasteiger partial charge in [-0.1, -0.05) is 13.8 Å². The average molecular weight is 290 g/mol. The van der Waals surface area contributed by atoms with Gasteiger partial charge in [-0.3, -0.25) is 0 Å². The Morgan fingerprint density at radius 2 is 2.00 bits per heavy atom. The SMILES string of the molecule is CCC(CC)Sc1cc(C(F)(F)F)nc2ncnn12. The van der Waals surface area contributed by atoms with E-state index >= 15 is 0 Å². The quantitative estimate of drug-likeness (QED) is 0.639. The monoisotopic (exact) mass is 290 g/mol. The molecule has 4 nitrogen and oxygen atoms in total. The fourth-order valence-electron chi connectivity index (χ4n) is 1.64. The van der Waals surface area contributed by atoms with Crippen molar-refractivity contribution in [2.45, 2.75) is 43.1 Å². The van der Waals surface area contributed by atoms with Gasteiger partial charge >= 0.3 is 6.18 Å². The van der Waals surface area contributed by atoms with E-state index in [9.17, 15) is 13.2 Å². The Balaban J connectivity index is 2.48. The van der Waals surface area contributed by atoms with Gasteiger partial charge in [-0.05, 0) is 12.8 Å². The van der Waals surface area contributed by atoms with Gasteiger partial charge in [-0.2, -0.15) is 27.8 Å². The van der Waals surface area contributed by atoms with Gasteiger partial charge in [0.15, 0.2) is 5.69 Å². The maximum Gasteiger partial charge on any atom is 0.433 e. The van der Waals surface area contributed by atoms with Crippen LogP contribution >= 0.6 is 11.8 Å².